The molecular weight excluding hydrogens is 406 g/mol. The fourth-order valence-electron chi connectivity index (χ4n) is 5.10. The highest BCUT2D eigenvalue weighted by atomic mass is 16.6. The number of aliphatic hydroxyl groups excluding tert-OH is 1. The molecule has 6 heteroatoms. The van der Waals surface area contributed by atoms with Crippen molar-refractivity contribution < 1.29 is 19.6 Å². The van der Waals surface area contributed by atoms with Crippen LogP contribution in [-0.4, -0.2) is 21.6 Å². The Labute approximate surface area is 188 Å². The number of hydrogen-bond donors (Lipinski definition) is 1. The van der Waals surface area contributed by atoms with Crippen LogP contribution in [0.4, 0.5) is 5.69 Å². The highest BCUT2D eigenvalue weighted by Gasteiger charge is 2.60. The second-order valence-corrected chi connectivity index (χ2v) is 9.09. The number of carbonyl (C=O) groups excluding carboxylic acids is 1. The molecule has 1 heterocycles. The minimum absolute atomic E-state index is 0.00530. The molecular formula is C26H29NO5. The Kier molecular flexibility index (Phi) is 5.80. The highest BCUT2D eigenvalue weighted by Crippen LogP contribution is 2.55. The van der Waals surface area contributed by atoms with Crippen LogP contribution < -0.4 is 0 Å². The molecule has 1 aliphatic carbocycles. The summed E-state index contributed by atoms with van der Waals surface area (Å²) < 4.78 is 6.26. The molecule has 2 aliphatic rings. The highest BCUT2D eigenvalue weighted by molar-refractivity contribution is 5.92. The minimum atomic E-state index is -1.09. The molecule has 2 aromatic carbocycles. The van der Waals surface area contributed by atoms with Gasteiger partial charge in [-0.15, -0.1) is 0 Å². The van der Waals surface area contributed by atoms with Crippen molar-refractivity contribution in [3.05, 3.63) is 87.2 Å². The van der Waals surface area contributed by atoms with Gasteiger partial charge in [0, 0.05) is 12.1 Å². The zero-order valence-electron chi connectivity index (χ0n) is 18.5. The third-order valence-corrected chi connectivity index (χ3v) is 7.08. The Morgan fingerprint density at radius 3 is 2.47 bits per heavy atom. The second-order valence-electron chi connectivity index (χ2n) is 9.09. The molecule has 2 unspecified atom stereocenters. The van der Waals surface area contributed by atoms with Crippen molar-refractivity contribution in [1.82, 2.24) is 0 Å². The molecule has 4 rings (SSSR count). The van der Waals surface area contributed by atoms with Crippen LogP contribution in [0, 0.1) is 16.0 Å². The number of aryl methyl sites for hydroxylation is 1. The average Bonchev–Trinajstić information content (AvgIpc) is 3.62. The van der Waals surface area contributed by atoms with E-state index in [1.54, 1.807) is 12.1 Å². The molecule has 1 N–H and O–H groups in total. The predicted molar refractivity (Wildman–Crippen MR) is 121 cm³/mol. The molecule has 0 radical (unpaired) electrons. The van der Waals surface area contributed by atoms with Crippen molar-refractivity contribution in [3.8, 4) is 0 Å². The third-order valence-electron chi connectivity index (χ3n) is 7.08. The lowest BCUT2D eigenvalue weighted by molar-refractivity contribution is -0.385. The van der Waals surface area contributed by atoms with Crippen LogP contribution in [0.5, 0.6) is 0 Å². The first-order valence-electron chi connectivity index (χ1n) is 11.3. The first kappa shape index (κ1) is 22.1. The lowest BCUT2D eigenvalue weighted by Gasteiger charge is -2.51. The Morgan fingerprint density at radius 1 is 1.12 bits per heavy atom. The Bertz CT molecular complexity index is 1060. The molecule has 1 saturated carbocycles. The van der Waals surface area contributed by atoms with Gasteiger partial charge in [-0.25, -0.2) is 4.79 Å². The van der Waals surface area contributed by atoms with E-state index >= 15 is 0 Å². The largest absolute Gasteiger partial charge is 0.511 e. The monoisotopic (exact) mass is 435 g/mol. The summed E-state index contributed by atoms with van der Waals surface area (Å²) in [6, 6.07) is 16.3. The van der Waals surface area contributed by atoms with Gasteiger partial charge in [-0.1, -0.05) is 55.8 Å². The van der Waals surface area contributed by atoms with E-state index in [2.05, 4.69) is 0 Å². The molecule has 2 aromatic rings. The molecule has 32 heavy (non-hydrogen) atoms. The molecule has 0 aromatic heterocycles. The fraction of sp³-hybridized carbons (Fsp3) is 0.423. The smallest absolute Gasteiger partial charge is 0.338 e. The number of nitrogens with zero attached hydrogens (tertiary/aromatic N) is 1. The molecule has 1 fully saturated rings. The molecule has 2 atom stereocenters. The van der Waals surface area contributed by atoms with E-state index in [1.165, 1.54) is 12.1 Å². The molecule has 168 valence electrons. The summed E-state index contributed by atoms with van der Waals surface area (Å²) in [5.41, 5.74) is -0.115. The van der Waals surface area contributed by atoms with Gasteiger partial charge in [-0.05, 0) is 56.1 Å². The van der Waals surface area contributed by atoms with E-state index in [1.807, 2.05) is 44.2 Å². The van der Waals surface area contributed by atoms with Crippen molar-refractivity contribution in [3.63, 3.8) is 0 Å². The number of carbonyl (C=O) groups is 1. The maximum atomic E-state index is 13.1. The zero-order valence-corrected chi connectivity index (χ0v) is 18.5. The topological polar surface area (TPSA) is 89.7 Å². The van der Waals surface area contributed by atoms with Crippen molar-refractivity contribution in [2.45, 2.75) is 63.4 Å². The van der Waals surface area contributed by atoms with Gasteiger partial charge in [0.05, 0.1) is 15.9 Å². The first-order valence-corrected chi connectivity index (χ1v) is 11.3. The number of esters is 1. The van der Waals surface area contributed by atoms with Gasteiger partial charge in [-0.2, -0.15) is 0 Å². The number of benzene rings is 2. The maximum Gasteiger partial charge on any atom is 0.338 e. The van der Waals surface area contributed by atoms with Crippen LogP contribution in [0.25, 0.3) is 0 Å². The summed E-state index contributed by atoms with van der Waals surface area (Å²) in [5.74, 6) is -0.443. The number of non-ortho nitro benzene ring substituents is 1. The van der Waals surface area contributed by atoms with E-state index in [0.29, 0.717) is 30.4 Å². The normalized spacial score (nSPS) is 25.5. The quantitative estimate of drug-likeness (QED) is 0.321. The standard InChI is InChI=1S/C26H29NO5/c1-3-15-26(16-14-18-8-5-4-6-9-18)25(2,20-10-7-11-21(17-20)27(30)31)23(28)22(19-12-13-19)24(29)32-26/h4-11,17,19,28H,3,12-16H2,1-2H3. The SMILES string of the molecule is CCCC1(CCc2ccccc2)OC(=O)C(C2CC2)=C(O)C1(C)c1cccc([N+](=O)[O-])c1. The lowest BCUT2D eigenvalue weighted by Crippen LogP contribution is -2.58. The number of nitro benzene ring substituents is 1. The average molecular weight is 436 g/mol. The molecule has 1 aliphatic heterocycles. The predicted octanol–water partition coefficient (Wildman–Crippen LogP) is 5.80. The number of nitro groups is 1. The van der Waals surface area contributed by atoms with Crippen LogP contribution in [0.2, 0.25) is 0 Å². The van der Waals surface area contributed by atoms with Crippen LogP contribution in [0.1, 0.15) is 57.1 Å². The third kappa shape index (κ3) is 3.68. The molecule has 0 saturated heterocycles. The number of cyclic esters (lactones) is 1. The Hall–Kier alpha value is -3.15. The zero-order chi connectivity index (χ0) is 22.9. The van der Waals surface area contributed by atoms with Gasteiger partial charge in [-0.3, -0.25) is 10.1 Å². The van der Waals surface area contributed by atoms with E-state index in [0.717, 1.165) is 24.8 Å². The minimum Gasteiger partial charge on any atom is -0.511 e. The number of aliphatic hydroxyl groups is 1. The number of ether oxygens (including phenoxy) is 1. The molecule has 0 spiro atoms. The molecule has 0 bridgehead atoms. The van der Waals surface area contributed by atoms with Crippen molar-refractivity contribution in [1.29, 1.82) is 0 Å². The van der Waals surface area contributed by atoms with Gasteiger partial charge in [0.25, 0.3) is 5.69 Å². The lowest BCUT2D eigenvalue weighted by atomic mass is 9.61. The summed E-state index contributed by atoms with van der Waals surface area (Å²) in [7, 11) is 0. The number of rotatable bonds is 8. The maximum absolute atomic E-state index is 13.1. The van der Waals surface area contributed by atoms with Crippen LogP contribution in [0.15, 0.2) is 65.9 Å². The van der Waals surface area contributed by atoms with Crippen molar-refractivity contribution in [2.24, 2.45) is 5.92 Å². The van der Waals surface area contributed by atoms with Crippen LogP contribution in [0.3, 0.4) is 0 Å². The van der Waals surface area contributed by atoms with E-state index in [9.17, 15) is 20.0 Å². The number of hydrogen-bond acceptors (Lipinski definition) is 5. The summed E-state index contributed by atoms with van der Waals surface area (Å²) in [6.45, 7) is 3.89. The van der Waals surface area contributed by atoms with E-state index in [4.69, 9.17) is 4.74 Å². The van der Waals surface area contributed by atoms with Gasteiger partial charge in [0.15, 0.2) is 0 Å². The van der Waals surface area contributed by atoms with Crippen molar-refractivity contribution in [2.75, 3.05) is 0 Å². The summed E-state index contributed by atoms with van der Waals surface area (Å²) in [4.78, 5) is 24.2. The van der Waals surface area contributed by atoms with Gasteiger partial charge < -0.3 is 9.84 Å². The van der Waals surface area contributed by atoms with Crippen LogP contribution >= 0.6 is 0 Å². The molecule has 6 nitrogen and oxygen atoms in total. The summed E-state index contributed by atoms with van der Waals surface area (Å²) >= 11 is 0. The van der Waals surface area contributed by atoms with E-state index < -0.39 is 21.9 Å². The first-order chi connectivity index (χ1) is 15.3. The molecule has 0 amide bonds. The summed E-state index contributed by atoms with van der Waals surface area (Å²) in [5, 5.41) is 23.1. The van der Waals surface area contributed by atoms with Gasteiger partial charge in [0.1, 0.15) is 11.4 Å². The van der Waals surface area contributed by atoms with E-state index in [-0.39, 0.29) is 17.4 Å². The van der Waals surface area contributed by atoms with Crippen LogP contribution in [-0.2, 0) is 21.4 Å². The Balaban J connectivity index is 1.88. The van der Waals surface area contributed by atoms with Gasteiger partial charge >= 0.3 is 5.97 Å². The van der Waals surface area contributed by atoms with Crippen molar-refractivity contribution >= 4 is 11.7 Å². The Morgan fingerprint density at radius 2 is 1.84 bits per heavy atom. The van der Waals surface area contributed by atoms with Gasteiger partial charge in [0.2, 0.25) is 0 Å². The second kappa shape index (κ2) is 8.41. The summed E-state index contributed by atoms with van der Waals surface area (Å²) in [6.07, 6.45) is 4.10. The fourth-order valence-corrected chi connectivity index (χ4v) is 5.10.